The van der Waals surface area contributed by atoms with E-state index in [1.807, 2.05) is 34.6 Å². The van der Waals surface area contributed by atoms with Crippen molar-refractivity contribution in [3.63, 3.8) is 0 Å². The number of rotatable bonds is 2. The summed E-state index contributed by atoms with van der Waals surface area (Å²) in [5.74, 6) is -1.01. The van der Waals surface area contributed by atoms with Gasteiger partial charge in [0.25, 0.3) is 5.79 Å². The van der Waals surface area contributed by atoms with Crippen LogP contribution in [-0.4, -0.2) is 24.2 Å². The Balaban J connectivity index is 2.51. The molecule has 0 N–H and O–H groups in total. The Bertz CT molecular complexity index is 273. The fraction of sp³-hybridized carbons (Fsp3) is 0.909. The number of hydrogen-bond donors (Lipinski definition) is 0. The molecule has 0 radical (unpaired) electrons. The number of ether oxygens (including phenoxy) is 2. The highest BCUT2D eigenvalue weighted by Crippen LogP contribution is 2.34. The number of carbonyl (C=O) groups excluding carboxylic acids is 1. The van der Waals surface area contributed by atoms with Gasteiger partial charge >= 0.3 is 6.16 Å². The SMILES string of the molecule is CC1(OC(=O)OC(C)(C)C(C)(C)C)COO1. The summed E-state index contributed by atoms with van der Waals surface area (Å²) in [6.45, 7) is 11.5. The van der Waals surface area contributed by atoms with Gasteiger partial charge in [0.15, 0.2) is 6.61 Å². The van der Waals surface area contributed by atoms with Gasteiger partial charge in [-0.2, -0.15) is 4.89 Å². The molecule has 5 nitrogen and oxygen atoms in total. The smallest absolute Gasteiger partial charge is 0.428 e. The first-order valence-electron chi connectivity index (χ1n) is 5.28. The summed E-state index contributed by atoms with van der Waals surface area (Å²) in [6.07, 6.45) is -0.745. The molecule has 1 atom stereocenters. The zero-order valence-corrected chi connectivity index (χ0v) is 10.7. The molecule has 0 saturated carbocycles. The van der Waals surface area contributed by atoms with E-state index in [9.17, 15) is 4.79 Å². The Hall–Kier alpha value is -0.810. The molecule has 1 saturated heterocycles. The molecule has 1 aliphatic rings. The van der Waals surface area contributed by atoms with Gasteiger partial charge in [0, 0.05) is 12.3 Å². The third-order valence-electron chi connectivity index (χ3n) is 3.00. The summed E-state index contributed by atoms with van der Waals surface area (Å²) in [6, 6.07) is 0. The Labute approximate surface area is 95.9 Å². The molecule has 1 rings (SSSR count). The van der Waals surface area contributed by atoms with Crippen LogP contribution in [0.1, 0.15) is 41.5 Å². The van der Waals surface area contributed by atoms with Gasteiger partial charge in [0.05, 0.1) is 0 Å². The van der Waals surface area contributed by atoms with Gasteiger partial charge in [-0.1, -0.05) is 20.8 Å². The standard InChI is InChI=1S/C11H20O5/c1-9(2,3)10(4,5)14-8(12)15-11(6)7-13-16-11/h7H2,1-6H3. The maximum atomic E-state index is 11.5. The Morgan fingerprint density at radius 1 is 1.25 bits per heavy atom. The van der Waals surface area contributed by atoms with Crippen molar-refractivity contribution >= 4 is 6.16 Å². The summed E-state index contributed by atoms with van der Waals surface area (Å²) >= 11 is 0. The van der Waals surface area contributed by atoms with E-state index in [0.717, 1.165) is 0 Å². The van der Waals surface area contributed by atoms with Crippen LogP contribution in [0.2, 0.25) is 0 Å². The molecule has 0 bridgehead atoms. The molecular formula is C11H20O5. The molecule has 1 heterocycles. The van der Waals surface area contributed by atoms with E-state index in [-0.39, 0.29) is 12.0 Å². The van der Waals surface area contributed by atoms with Gasteiger partial charge in [-0.05, 0) is 13.8 Å². The highest BCUT2D eigenvalue weighted by Gasteiger charge is 2.44. The van der Waals surface area contributed by atoms with Gasteiger partial charge in [-0.3, -0.25) is 0 Å². The normalized spacial score (nSPS) is 25.9. The molecule has 1 unspecified atom stereocenters. The van der Waals surface area contributed by atoms with Gasteiger partial charge < -0.3 is 9.47 Å². The van der Waals surface area contributed by atoms with E-state index in [1.165, 1.54) is 0 Å². The van der Waals surface area contributed by atoms with Crippen LogP contribution < -0.4 is 0 Å². The molecule has 1 aliphatic heterocycles. The van der Waals surface area contributed by atoms with Crippen LogP contribution in [0.4, 0.5) is 4.79 Å². The molecule has 0 amide bonds. The second-order valence-electron chi connectivity index (χ2n) is 5.69. The van der Waals surface area contributed by atoms with Gasteiger partial charge in [-0.15, -0.1) is 0 Å². The number of carbonyl (C=O) groups is 1. The van der Waals surface area contributed by atoms with Crippen LogP contribution in [0, 0.1) is 5.41 Å². The van der Waals surface area contributed by atoms with Crippen LogP contribution in [0.5, 0.6) is 0 Å². The Kier molecular flexibility index (Phi) is 3.22. The molecule has 1 fully saturated rings. The molecule has 16 heavy (non-hydrogen) atoms. The molecule has 0 aromatic heterocycles. The maximum Gasteiger partial charge on any atom is 0.511 e. The Morgan fingerprint density at radius 3 is 2.06 bits per heavy atom. The van der Waals surface area contributed by atoms with Crippen LogP contribution in [-0.2, 0) is 19.2 Å². The van der Waals surface area contributed by atoms with E-state index in [0.29, 0.717) is 0 Å². The molecular weight excluding hydrogens is 212 g/mol. The minimum Gasteiger partial charge on any atom is -0.428 e. The average Bonchev–Trinajstić information content (AvgIpc) is 1.97. The first kappa shape index (κ1) is 13.3. The molecule has 0 aromatic carbocycles. The second-order valence-corrected chi connectivity index (χ2v) is 5.69. The summed E-state index contributed by atoms with van der Waals surface area (Å²) in [7, 11) is 0. The molecule has 5 heteroatoms. The molecule has 0 aromatic rings. The van der Waals surface area contributed by atoms with Crippen LogP contribution in [0.15, 0.2) is 0 Å². The van der Waals surface area contributed by atoms with Gasteiger partial charge in [0.1, 0.15) is 5.60 Å². The predicted molar refractivity (Wildman–Crippen MR) is 56.5 cm³/mol. The highest BCUT2D eigenvalue weighted by atomic mass is 17.3. The minimum atomic E-state index is -1.01. The highest BCUT2D eigenvalue weighted by molar-refractivity contribution is 5.61. The zero-order chi connectivity index (χ0) is 12.6. The van der Waals surface area contributed by atoms with Gasteiger partial charge in [-0.25, -0.2) is 9.68 Å². The largest absolute Gasteiger partial charge is 0.511 e. The third-order valence-corrected chi connectivity index (χ3v) is 3.00. The summed E-state index contributed by atoms with van der Waals surface area (Å²) in [5.41, 5.74) is -0.797. The molecule has 94 valence electrons. The summed E-state index contributed by atoms with van der Waals surface area (Å²) < 4.78 is 10.3. The number of hydrogen-bond acceptors (Lipinski definition) is 5. The van der Waals surface area contributed by atoms with Crippen molar-refractivity contribution in [1.82, 2.24) is 0 Å². The predicted octanol–water partition coefficient (Wildman–Crippen LogP) is 2.64. The fourth-order valence-corrected chi connectivity index (χ4v) is 0.830. The topological polar surface area (TPSA) is 54.0 Å². The lowest BCUT2D eigenvalue weighted by atomic mass is 9.79. The van der Waals surface area contributed by atoms with Crippen molar-refractivity contribution in [3.8, 4) is 0 Å². The molecule has 0 spiro atoms. The first-order valence-corrected chi connectivity index (χ1v) is 5.28. The van der Waals surface area contributed by atoms with Crippen LogP contribution >= 0.6 is 0 Å². The fourth-order valence-electron chi connectivity index (χ4n) is 0.830. The molecule has 0 aliphatic carbocycles. The van der Waals surface area contributed by atoms with Crippen LogP contribution in [0.3, 0.4) is 0 Å². The van der Waals surface area contributed by atoms with Crippen molar-refractivity contribution in [1.29, 1.82) is 0 Å². The average molecular weight is 232 g/mol. The van der Waals surface area contributed by atoms with E-state index < -0.39 is 17.5 Å². The van der Waals surface area contributed by atoms with E-state index in [1.54, 1.807) is 6.92 Å². The van der Waals surface area contributed by atoms with Crippen molar-refractivity contribution < 1.29 is 24.0 Å². The summed E-state index contributed by atoms with van der Waals surface area (Å²) in [5, 5.41) is 0. The first-order chi connectivity index (χ1) is 7.06. The monoisotopic (exact) mass is 232 g/mol. The quantitative estimate of drug-likeness (QED) is 0.541. The maximum absolute atomic E-state index is 11.5. The van der Waals surface area contributed by atoms with Crippen molar-refractivity contribution in [3.05, 3.63) is 0 Å². The minimum absolute atomic E-state index is 0.177. The third kappa shape index (κ3) is 2.86. The van der Waals surface area contributed by atoms with Crippen LogP contribution in [0.25, 0.3) is 0 Å². The lowest BCUT2D eigenvalue weighted by molar-refractivity contribution is -0.522. The van der Waals surface area contributed by atoms with Crippen molar-refractivity contribution in [2.24, 2.45) is 5.41 Å². The van der Waals surface area contributed by atoms with E-state index >= 15 is 0 Å². The van der Waals surface area contributed by atoms with E-state index in [2.05, 4.69) is 9.78 Å². The van der Waals surface area contributed by atoms with Crippen molar-refractivity contribution in [2.75, 3.05) is 6.61 Å². The Morgan fingerprint density at radius 2 is 1.75 bits per heavy atom. The second kappa shape index (κ2) is 3.89. The van der Waals surface area contributed by atoms with Crippen molar-refractivity contribution in [2.45, 2.75) is 52.9 Å². The lowest BCUT2D eigenvalue weighted by Gasteiger charge is -2.39. The van der Waals surface area contributed by atoms with E-state index in [4.69, 9.17) is 9.47 Å². The van der Waals surface area contributed by atoms with Gasteiger partial charge in [0.2, 0.25) is 0 Å². The summed E-state index contributed by atoms with van der Waals surface area (Å²) in [4.78, 5) is 20.7. The lowest BCUT2D eigenvalue weighted by Crippen LogP contribution is -2.50. The zero-order valence-electron chi connectivity index (χ0n) is 10.7.